The third-order valence-electron chi connectivity index (χ3n) is 2.37. The van der Waals surface area contributed by atoms with Crippen LogP contribution in [0.1, 0.15) is 13.3 Å². The fraction of sp³-hybridized carbons (Fsp3) is 1.00. The van der Waals surface area contributed by atoms with Crippen LogP contribution < -0.4 is 21.2 Å². The van der Waals surface area contributed by atoms with Gasteiger partial charge in [0.25, 0.3) is 0 Å². The molecule has 2 aliphatic heterocycles. The molecule has 2 unspecified atom stereocenters. The van der Waals surface area contributed by atoms with Gasteiger partial charge in [-0.3, -0.25) is 0 Å². The Kier molecular flexibility index (Phi) is 1.69. The molecule has 0 aromatic heterocycles. The Balaban J connectivity index is 2.01. The van der Waals surface area contributed by atoms with E-state index in [0.29, 0.717) is 21.2 Å². The first kappa shape index (κ1) is 6.40. The monoisotopic (exact) mass is 238 g/mol. The molecule has 0 aromatic rings. The number of nitrogens with zero attached hydrogens (tertiary/aromatic N) is 1. The molecule has 2 fully saturated rings. The van der Waals surface area contributed by atoms with E-state index < -0.39 is 0 Å². The quantitative estimate of drug-likeness (QED) is 0.362. The van der Waals surface area contributed by atoms with Crippen molar-refractivity contribution in [2.24, 2.45) is 0 Å². The molecule has 54 valence electrons. The third kappa shape index (κ3) is 1.00. The second-order valence-corrected chi connectivity index (χ2v) is 6.41. The molecule has 0 saturated carbocycles. The van der Waals surface area contributed by atoms with E-state index in [0.717, 1.165) is 6.04 Å². The number of halogens is 1. The van der Waals surface area contributed by atoms with E-state index in [9.17, 15) is 0 Å². The van der Waals surface area contributed by atoms with E-state index in [1.54, 1.807) is 10.8 Å². The van der Waals surface area contributed by atoms with Crippen molar-refractivity contribution in [1.82, 2.24) is 4.90 Å². The first-order valence-electron chi connectivity index (χ1n) is 3.72. The average Bonchev–Trinajstić information content (AvgIpc) is 2.45. The van der Waals surface area contributed by atoms with Gasteiger partial charge < -0.3 is 0 Å². The van der Waals surface area contributed by atoms with Crippen molar-refractivity contribution in [3.63, 3.8) is 0 Å². The van der Waals surface area contributed by atoms with Crippen LogP contribution in [0.4, 0.5) is 0 Å². The Labute approximate surface area is 67.1 Å². The summed E-state index contributed by atoms with van der Waals surface area (Å²) < 4.78 is 2.78. The summed E-state index contributed by atoms with van der Waals surface area (Å²) >= 11 is 0.651. The maximum atomic E-state index is 2.66. The first-order chi connectivity index (χ1) is 4.40. The van der Waals surface area contributed by atoms with E-state index in [2.05, 4.69) is 11.8 Å². The van der Waals surface area contributed by atoms with Gasteiger partial charge in [-0.1, -0.05) is 0 Å². The molecule has 2 heterocycles. The Hall–Kier alpha value is 0.690. The molecular weight excluding hydrogens is 225 g/mol. The first-order valence-corrected chi connectivity index (χ1v) is 6.49. The molecule has 0 amide bonds. The van der Waals surface area contributed by atoms with Gasteiger partial charge >= 0.3 is 66.9 Å². The Bertz CT molecular complexity index is 115. The van der Waals surface area contributed by atoms with Gasteiger partial charge in [-0.15, -0.1) is 0 Å². The molecule has 0 aliphatic carbocycles. The summed E-state index contributed by atoms with van der Waals surface area (Å²) in [6.07, 6.45) is 1.56. The molecule has 2 bridgehead atoms. The van der Waals surface area contributed by atoms with Gasteiger partial charge in [-0.2, -0.15) is 0 Å². The molecule has 0 aromatic carbocycles. The van der Waals surface area contributed by atoms with Crippen LogP contribution in [0.15, 0.2) is 0 Å². The molecule has 0 radical (unpaired) electrons. The molecule has 9 heavy (non-hydrogen) atoms. The summed E-state index contributed by atoms with van der Waals surface area (Å²) in [5.41, 5.74) is 0. The van der Waals surface area contributed by atoms with Crippen molar-refractivity contribution in [3.8, 4) is 0 Å². The molecular formula is C7H13IN-. The molecule has 2 rings (SSSR count). The molecule has 2 saturated heterocycles. The fourth-order valence-corrected chi connectivity index (χ4v) is 5.76. The van der Waals surface area contributed by atoms with Crippen LogP contribution >= 0.6 is 0 Å². The van der Waals surface area contributed by atoms with Crippen molar-refractivity contribution in [3.05, 3.63) is 0 Å². The van der Waals surface area contributed by atoms with Crippen molar-refractivity contribution < 1.29 is 21.2 Å². The molecule has 1 nitrogen and oxygen atoms in total. The number of rotatable bonds is 1. The average molecular weight is 238 g/mol. The standard InChI is InChI=1S/C7H13IN/c1-2-9-5-6-3-7(9)4-8-6/h6-7H,2-5H2,1H3/q-1. The van der Waals surface area contributed by atoms with Gasteiger partial charge in [0.15, 0.2) is 0 Å². The number of hydrogen-bond donors (Lipinski definition) is 0. The molecule has 0 spiro atoms. The number of fused-ring (bicyclic) bond motifs is 2. The summed E-state index contributed by atoms with van der Waals surface area (Å²) in [5.74, 6) is 0. The molecule has 2 aliphatic rings. The predicted octanol–water partition coefficient (Wildman–Crippen LogP) is -2.45. The van der Waals surface area contributed by atoms with Crippen LogP contribution in [0.3, 0.4) is 0 Å². The Morgan fingerprint density at radius 2 is 2.56 bits per heavy atom. The van der Waals surface area contributed by atoms with Crippen LogP contribution in [-0.2, 0) is 0 Å². The van der Waals surface area contributed by atoms with Crippen LogP contribution in [0, 0.1) is 0 Å². The van der Waals surface area contributed by atoms with Crippen LogP contribution in [0.2, 0.25) is 0 Å². The van der Waals surface area contributed by atoms with E-state index >= 15 is 0 Å². The van der Waals surface area contributed by atoms with Gasteiger partial charge in [0.05, 0.1) is 0 Å². The van der Waals surface area contributed by atoms with Crippen LogP contribution in [0.5, 0.6) is 0 Å². The second kappa shape index (κ2) is 2.38. The summed E-state index contributed by atoms with van der Waals surface area (Å²) in [7, 11) is 0. The van der Waals surface area contributed by atoms with Crippen molar-refractivity contribution in [2.75, 3.05) is 17.5 Å². The summed E-state index contributed by atoms with van der Waals surface area (Å²) in [6.45, 7) is 5.04. The van der Waals surface area contributed by atoms with Gasteiger partial charge in [-0.25, -0.2) is 0 Å². The minimum atomic E-state index is 0.651. The van der Waals surface area contributed by atoms with E-state index in [1.807, 2.05) is 0 Å². The van der Waals surface area contributed by atoms with E-state index in [1.165, 1.54) is 17.0 Å². The van der Waals surface area contributed by atoms with E-state index in [-0.39, 0.29) is 0 Å². The Morgan fingerprint density at radius 1 is 1.67 bits per heavy atom. The topological polar surface area (TPSA) is 3.24 Å². The van der Waals surface area contributed by atoms with Gasteiger partial charge in [0, 0.05) is 0 Å². The maximum absolute atomic E-state index is 2.66. The number of hydrogen-bond acceptors (Lipinski definition) is 1. The summed E-state index contributed by atoms with van der Waals surface area (Å²) in [6, 6.07) is 1.03. The predicted molar refractivity (Wildman–Crippen MR) is 34.3 cm³/mol. The normalized spacial score (nSPS) is 43.2. The van der Waals surface area contributed by atoms with Crippen LogP contribution in [0.25, 0.3) is 0 Å². The number of likely N-dealkylation sites (tertiary alicyclic amines) is 1. The van der Waals surface area contributed by atoms with Crippen molar-refractivity contribution in [2.45, 2.75) is 23.3 Å². The van der Waals surface area contributed by atoms with Crippen molar-refractivity contribution >= 4 is 0 Å². The SMILES string of the molecule is CCN1CC2CC1C[I-]2. The zero-order valence-corrected chi connectivity index (χ0v) is 7.97. The minimum absolute atomic E-state index is 0.651. The van der Waals surface area contributed by atoms with Crippen LogP contribution in [-0.4, -0.2) is 32.4 Å². The molecule has 2 atom stereocenters. The zero-order valence-electron chi connectivity index (χ0n) is 5.81. The fourth-order valence-electron chi connectivity index (χ4n) is 1.81. The second-order valence-electron chi connectivity index (χ2n) is 2.88. The van der Waals surface area contributed by atoms with E-state index in [4.69, 9.17) is 0 Å². The third-order valence-corrected chi connectivity index (χ3v) is 6.04. The zero-order chi connectivity index (χ0) is 6.27. The number of alkyl halides is 2. The summed E-state index contributed by atoms with van der Waals surface area (Å²) in [5, 5.41) is 0. The summed E-state index contributed by atoms with van der Waals surface area (Å²) in [4.78, 5) is 2.66. The van der Waals surface area contributed by atoms with Crippen molar-refractivity contribution in [1.29, 1.82) is 0 Å². The molecule has 0 N–H and O–H groups in total. The van der Waals surface area contributed by atoms with Gasteiger partial charge in [-0.05, 0) is 0 Å². The van der Waals surface area contributed by atoms with Gasteiger partial charge in [0.2, 0.25) is 0 Å². The Morgan fingerprint density at radius 3 is 2.89 bits per heavy atom. The molecule has 2 heteroatoms. The van der Waals surface area contributed by atoms with Gasteiger partial charge in [0.1, 0.15) is 0 Å².